The summed E-state index contributed by atoms with van der Waals surface area (Å²) in [5.41, 5.74) is 2.14. The monoisotopic (exact) mass is 232 g/mol. The van der Waals surface area contributed by atoms with Crippen LogP contribution in [0.2, 0.25) is 0 Å². The molecule has 80 valence electrons. The molecule has 0 bridgehead atoms. The normalized spacial score (nSPS) is 17.9. The molecule has 0 amide bonds. The van der Waals surface area contributed by atoms with Gasteiger partial charge in [-0.15, -0.1) is 11.6 Å². The molecular formula is C13H11ClNO+. The summed E-state index contributed by atoms with van der Waals surface area (Å²) < 4.78 is 0. The maximum atomic E-state index is 9.91. The van der Waals surface area contributed by atoms with Gasteiger partial charge in [0, 0.05) is 16.8 Å². The Morgan fingerprint density at radius 3 is 2.75 bits per heavy atom. The van der Waals surface area contributed by atoms with Crippen molar-refractivity contribution in [2.75, 3.05) is 5.88 Å². The van der Waals surface area contributed by atoms with Crippen LogP contribution in [0.5, 0.6) is 5.75 Å². The largest absolute Gasteiger partial charge is 0.507 e. The van der Waals surface area contributed by atoms with Crippen LogP contribution in [0, 0.1) is 0 Å². The molecule has 0 saturated heterocycles. The lowest BCUT2D eigenvalue weighted by Crippen LogP contribution is -2.59. The predicted octanol–water partition coefficient (Wildman–Crippen LogP) is 1.66. The zero-order chi connectivity index (χ0) is 11.1. The Kier molecular flexibility index (Phi) is 2.11. The Morgan fingerprint density at radius 2 is 2.00 bits per heavy atom. The number of rotatable bonds is 1. The maximum absolute atomic E-state index is 9.91. The van der Waals surface area contributed by atoms with Gasteiger partial charge in [0.2, 0.25) is 5.69 Å². The van der Waals surface area contributed by atoms with E-state index in [2.05, 4.69) is 4.99 Å². The average Bonchev–Trinajstić information content (AvgIpc) is 2.72. The molecule has 0 radical (unpaired) electrons. The molecule has 1 aliphatic rings. The second-order valence-electron chi connectivity index (χ2n) is 3.97. The van der Waals surface area contributed by atoms with Gasteiger partial charge in [0.1, 0.15) is 5.75 Å². The number of phenols is 1. The van der Waals surface area contributed by atoms with Crippen molar-refractivity contribution in [2.45, 2.75) is 5.92 Å². The van der Waals surface area contributed by atoms with Gasteiger partial charge in [0.25, 0.3) is 0 Å². The average molecular weight is 233 g/mol. The molecule has 2 N–H and O–H groups in total. The van der Waals surface area contributed by atoms with Gasteiger partial charge in [0.05, 0.1) is 12.0 Å². The lowest BCUT2D eigenvalue weighted by Gasteiger charge is -2.07. The van der Waals surface area contributed by atoms with Crippen LogP contribution >= 0.6 is 11.6 Å². The van der Waals surface area contributed by atoms with E-state index < -0.39 is 0 Å². The molecule has 3 rings (SSSR count). The van der Waals surface area contributed by atoms with E-state index in [0.29, 0.717) is 11.6 Å². The smallest absolute Gasteiger partial charge is 0.211 e. The van der Waals surface area contributed by atoms with Crippen molar-refractivity contribution >= 4 is 34.3 Å². The SMILES string of the molecule is Oc1cc2c(c3ccccc13)[C@H](CCl)C=[NH+]2. The molecule has 0 aromatic heterocycles. The Morgan fingerprint density at radius 1 is 1.25 bits per heavy atom. The van der Waals surface area contributed by atoms with Gasteiger partial charge in [-0.25, -0.2) is 4.99 Å². The van der Waals surface area contributed by atoms with Gasteiger partial charge in [-0.2, -0.15) is 0 Å². The molecule has 1 heterocycles. The number of hydrogen-bond donors (Lipinski definition) is 2. The van der Waals surface area contributed by atoms with Gasteiger partial charge < -0.3 is 5.11 Å². The summed E-state index contributed by atoms with van der Waals surface area (Å²) in [6.45, 7) is 0. The summed E-state index contributed by atoms with van der Waals surface area (Å²) in [6.07, 6.45) is 1.98. The van der Waals surface area contributed by atoms with Gasteiger partial charge in [0.15, 0.2) is 6.21 Å². The van der Waals surface area contributed by atoms with Gasteiger partial charge in [-0.1, -0.05) is 24.3 Å². The minimum absolute atomic E-state index is 0.210. The molecule has 2 aromatic rings. The summed E-state index contributed by atoms with van der Waals surface area (Å²) in [7, 11) is 0. The van der Waals surface area contributed by atoms with Crippen molar-refractivity contribution in [1.29, 1.82) is 0 Å². The summed E-state index contributed by atoms with van der Waals surface area (Å²) in [6, 6.07) is 9.62. The summed E-state index contributed by atoms with van der Waals surface area (Å²) in [4.78, 5) is 3.16. The van der Waals surface area contributed by atoms with Crippen molar-refractivity contribution in [3.63, 3.8) is 0 Å². The lowest BCUT2D eigenvalue weighted by molar-refractivity contribution is -0.344. The standard InChI is InChI=1S/C13H10ClNO/c14-6-8-7-15-11-5-12(16)9-3-1-2-4-10(9)13(8)11/h1-5,7-8,16H,6H2/p+1/t8-/m1/s1. The fourth-order valence-electron chi connectivity index (χ4n) is 2.29. The second kappa shape index (κ2) is 3.49. The number of phenolic OH excluding ortho intramolecular Hbond substituents is 1. The zero-order valence-corrected chi connectivity index (χ0v) is 9.33. The fraction of sp³-hybridized carbons (Fsp3) is 0.154. The van der Waals surface area contributed by atoms with E-state index >= 15 is 0 Å². The highest BCUT2D eigenvalue weighted by Gasteiger charge is 2.27. The summed E-state index contributed by atoms with van der Waals surface area (Å²) >= 11 is 5.94. The summed E-state index contributed by atoms with van der Waals surface area (Å²) in [5, 5.41) is 11.9. The minimum atomic E-state index is 0.210. The molecule has 1 atom stereocenters. The van der Waals surface area contributed by atoms with Crippen LogP contribution in [0.3, 0.4) is 0 Å². The molecular weight excluding hydrogens is 222 g/mol. The summed E-state index contributed by atoms with van der Waals surface area (Å²) in [5.74, 6) is 1.07. The van der Waals surface area contributed by atoms with Crippen LogP contribution in [0.1, 0.15) is 11.5 Å². The van der Waals surface area contributed by atoms with E-state index in [9.17, 15) is 5.11 Å². The highest BCUT2D eigenvalue weighted by atomic mass is 35.5. The molecule has 16 heavy (non-hydrogen) atoms. The highest BCUT2D eigenvalue weighted by molar-refractivity contribution is 6.20. The van der Waals surface area contributed by atoms with Crippen LogP contribution in [-0.4, -0.2) is 17.2 Å². The number of hydrogen-bond acceptors (Lipinski definition) is 1. The first-order valence-corrected chi connectivity index (χ1v) is 5.75. The lowest BCUT2D eigenvalue weighted by atomic mass is 9.95. The van der Waals surface area contributed by atoms with Gasteiger partial charge in [-0.05, 0) is 5.39 Å². The minimum Gasteiger partial charge on any atom is -0.507 e. The molecule has 0 fully saturated rings. The van der Waals surface area contributed by atoms with E-state index in [1.54, 1.807) is 6.07 Å². The Bertz CT molecular complexity index is 592. The molecule has 0 aliphatic carbocycles. The van der Waals surface area contributed by atoms with Crippen molar-refractivity contribution in [3.05, 3.63) is 35.9 Å². The van der Waals surface area contributed by atoms with Gasteiger partial charge in [-0.3, -0.25) is 0 Å². The topological polar surface area (TPSA) is 34.2 Å². The number of fused-ring (bicyclic) bond motifs is 3. The van der Waals surface area contributed by atoms with E-state index in [4.69, 9.17) is 11.6 Å². The first kappa shape index (κ1) is 9.67. The molecule has 2 nitrogen and oxygen atoms in total. The third-order valence-electron chi connectivity index (χ3n) is 3.04. The molecule has 0 saturated carbocycles. The third-order valence-corrected chi connectivity index (χ3v) is 3.37. The van der Waals surface area contributed by atoms with Crippen molar-refractivity contribution in [2.24, 2.45) is 0 Å². The maximum Gasteiger partial charge on any atom is 0.211 e. The van der Waals surface area contributed by atoms with Crippen molar-refractivity contribution in [3.8, 4) is 5.75 Å². The second-order valence-corrected chi connectivity index (χ2v) is 4.28. The van der Waals surface area contributed by atoms with E-state index in [1.807, 2.05) is 30.5 Å². The Labute approximate surface area is 98.2 Å². The number of nitrogens with one attached hydrogen (secondary N) is 1. The van der Waals surface area contributed by atoms with Crippen LogP contribution in [0.25, 0.3) is 10.8 Å². The predicted molar refractivity (Wildman–Crippen MR) is 65.8 cm³/mol. The Balaban J connectivity index is 2.40. The van der Waals surface area contributed by atoms with Crippen LogP contribution in [-0.2, 0) is 0 Å². The fourth-order valence-corrected chi connectivity index (χ4v) is 2.54. The number of halogens is 1. The first-order chi connectivity index (χ1) is 7.81. The van der Waals surface area contributed by atoms with Gasteiger partial charge >= 0.3 is 0 Å². The van der Waals surface area contributed by atoms with Crippen LogP contribution < -0.4 is 4.99 Å². The molecule has 0 unspecified atom stereocenters. The van der Waals surface area contributed by atoms with E-state index in [-0.39, 0.29) is 5.92 Å². The van der Waals surface area contributed by atoms with E-state index in [0.717, 1.165) is 16.5 Å². The first-order valence-electron chi connectivity index (χ1n) is 5.21. The van der Waals surface area contributed by atoms with Crippen molar-refractivity contribution in [1.82, 2.24) is 0 Å². The number of benzene rings is 2. The Hall–Kier alpha value is -1.54. The highest BCUT2D eigenvalue weighted by Crippen LogP contribution is 2.36. The molecule has 3 heteroatoms. The zero-order valence-electron chi connectivity index (χ0n) is 8.57. The van der Waals surface area contributed by atoms with E-state index in [1.165, 1.54) is 5.56 Å². The third kappa shape index (κ3) is 1.23. The van der Waals surface area contributed by atoms with Crippen LogP contribution in [0.4, 0.5) is 5.69 Å². The molecule has 0 spiro atoms. The quantitative estimate of drug-likeness (QED) is 0.721. The van der Waals surface area contributed by atoms with Crippen molar-refractivity contribution < 1.29 is 10.1 Å². The number of aromatic hydroxyl groups is 1. The van der Waals surface area contributed by atoms with Crippen LogP contribution in [0.15, 0.2) is 30.3 Å². The number of alkyl halides is 1. The molecule has 1 aliphatic heterocycles. The molecule has 2 aromatic carbocycles.